The van der Waals surface area contributed by atoms with Crippen LogP contribution in [0.1, 0.15) is 13.8 Å². The zero-order valence-corrected chi connectivity index (χ0v) is 10.5. The molecule has 1 heterocycles. The van der Waals surface area contributed by atoms with Crippen molar-refractivity contribution < 1.29 is 0 Å². The first kappa shape index (κ1) is 12.3. The molecule has 1 N–H and O–H groups in total. The lowest BCUT2D eigenvalue weighted by atomic mass is 10.0. The Hall–Kier alpha value is -0.800. The molecule has 0 aliphatic rings. The molecule has 0 spiro atoms. The molecule has 84 valence electrons. The topological polar surface area (TPSA) is 28.2 Å². The summed E-state index contributed by atoms with van der Waals surface area (Å²) in [6.07, 6.45) is 1.70. The molecular weight excluding hydrogens is 210 g/mol. The van der Waals surface area contributed by atoms with Crippen LogP contribution in [0.3, 0.4) is 0 Å². The van der Waals surface area contributed by atoms with Gasteiger partial charge in [0.1, 0.15) is 5.15 Å². The molecule has 0 amide bonds. The van der Waals surface area contributed by atoms with Crippen LogP contribution < -0.4 is 5.32 Å². The monoisotopic (exact) mass is 227 g/mol. The molecule has 1 aromatic heterocycles. The Labute approximate surface area is 96.5 Å². The molecule has 0 radical (unpaired) electrons. The van der Waals surface area contributed by atoms with Crippen LogP contribution in [-0.4, -0.2) is 36.1 Å². The molecule has 15 heavy (non-hydrogen) atoms. The highest BCUT2D eigenvalue weighted by Crippen LogP contribution is 2.17. The lowest BCUT2D eigenvalue weighted by molar-refractivity contribution is 0.334. The molecule has 0 aromatic carbocycles. The van der Waals surface area contributed by atoms with Gasteiger partial charge in [-0.2, -0.15) is 0 Å². The molecular formula is C11H18ClN3. The minimum Gasteiger partial charge on any atom is -0.379 e. The summed E-state index contributed by atoms with van der Waals surface area (Å²) >= 11 is 5.82. The molecule has 1 aromatic rings. The Morgan fingerprint density at radius 1 is 1.47 bits per heavy atom. The van der Waals surface area contributed by atoms with Crippen LogP contribution in [-0.2, 0) is 0 Å². The number of hydrogen-bond donors (Lipinski definition) is 1. The van der Waals surface area contributed by atoms with Gasteiger partial charge in [-0.25, -0.2) is 4.98 Å². The third-order valence-electron chi connectivity index (χ3n) is 1.92. The predicted molar refractivity (Wildman–Crippen MR) is 65.5 cm³/mol. The Morgan fingerprint density at radius 3 is 2.67 bits per heavy atom. The highest BCUT2D eigenvalue weighted by molar-refractivity contribution is 6.29. The smallest absolute Gasteiger partial charge is 0.131 e. The van der Waals surface area contributed by atoms with Crippen molar-refractivity contribution in [3.8, 4) is 0 Å². The number of hydrogen-bond acceptors (Lipinski definition) is 3. The molecule has 0 saturated heterocycles. The van der Waals surface area contributed by atoms with Crippen LogP contribution in [0, 0.1) is 0 Å². The second-order valence-electron chi connectivity index (χ2n) is 4.61. The van der Waals surface area contributed by atoms with E-state index in [9.17, 15) is 0 Å². The van der Waals surface area contributed by atoms with Crippen LogP contribution in [0.4, 0.5) is 5.69 Å². The number of likely N-dealkylation sites (N-methyl/N-ethyl adjacent to an activating group) is 1. The van der Waals surface area contributed by atoms with Gasteiger partial charge in [-0.15, -0.1) is 0 Å². The average Bonchev–Trinajstić information content (AvgIpc) is 1.99. The Balaban J connectivity index is 2.68. The molecule has 0 bridgehead atoms. The lowest BCUT2D eigenvalue weighted by Gasteiger charge is -2.30. The number of anilines is 1. The van der Waals surface area contributed by atoms with Gasteiger partial charge in [-0.3, -0.25) is 0 Å². The average molecular weight is 228 g/mol. The summed E-state index contributed by atoms with van der Waals surface area (Å²) in [7, 11) is 4.12. The van der Waals surface area contributed by atoms with Gasteiger partial charge in [0.2, 0.25) is 0 Å². The first-order valence-corrected chi connectivity index (χ1v) is 5.31. The van der Waals surface area contributed by atoms with E-state index in [0.29, 0.717) is 5.15 Å². The maximum Gasteiger partial charge on any atom is 0.131 e. The molecule has 0 fully saturated rings. The van der Waals surface area contributed by atoms with Crippen molar-refractivity contribution in [2.45, 2.75) is 19.4 Å². The molecule has 0 atom stereocenters. The molecule has 4 heteroatoms. The van der Waals surface area contributed by atoms with Crippen LogP contribution in [0.2, 0.25) is 5.15 Å². The maximum atomic E-state index is 5.82. The summed E-state index contributed by atoms with van der Waals surface area (Å²) in [6.45, 7) is 5.26. The second kappa shape index (κ2) is 4.81. The van der Waals surface area contributed by atoms with E-state index in [1.807, 2.05) is 12.1 Å². The number of nitrogens with one attached hydrogen (secondary N) is 1. The van der Waals surface area contributed by atoms with Crippen LogP contribution in [0.5, 0.6) is 0 Å². The van der Waals surface area contributed by atoms with Gasteiger partial charge in [0.25, 0.3) is 0 Å². The molecule has 0 saturated carbocycles. The Bertz CT molecular complexity index is 323. The fourth-order valence-corrected chi connectivity index (χ4v) is 1.87. The first-order chi connectivity index (χ1) is 6.89. The van der Waals surface area contributed by atoms with Gasteiger partial charge in [0.05, 0.1) is 0 Å². The summed E-state index contributed by atoms with van der Waals surface area (Å²) in [5.74, 6) is 0. The van der Waals surface area contributed by atoms with Crippen molar-refractivity contribution in [1.82, 2.24) is 9.88 Å². The van der Waals surface area contributed by atoms with Gasteiger partial charge in [-0.05, 0) is 40.1 Å². The zero-order chi connectivity index (χ0) is 11.5. The Morgan fingerprint density at radius 2 is 2.13 bits per heavy atom. The standard InChI is InChI=1S/C11H18ClN3/c1-11(2,8-15(3)4)14-9-5-6-13-10(12)7-9/h5-7H,8H2,1-4H3,(H,13,14). The van der Waals surface area contributed by atoms with Crippen LogP contribution >= 0.6 is 11.6 Å². The maximum absolute atomic E-state index is 5.82. The van der Waals surface area contributed by atoms with Gasteiger partial charge in [0, 0.05) is 24.0 Å². The van der Waals surface area contributed by atoms with E-state index < -0.39 is 0 Å². The summed E-state index contributed by atoms with van der Waals surface area (Å²) in [5, 5.41) is 3.94. The fraction of sp³-hybridized carbons (Fsp3) is 0.545. The van der Waals surface area contributed by atoms with Gasteiger partial charge in [0.15, 0.2) is 0 Å². The van der Waals surface area contributed by atoms with E-state index in [1.54, 1.807) is 6.20 Å². The van der Waals surface area contributed by atoms with Crippen LogP contribution in [0.15, 0.2) is 18.3 Å². The van der Waals surface area contributed by atoms with Crippen molar-refractivity contribution in [1.29, 1.82) is 0 Å². The SMILES string of the molecule is CN(C)CC(C)(C)Nc1ccnc(Cl)c1. The number of halogens is 1. The van der Waals surface area contributed by atoms with E-state index in [4.69, 9.17) is 11.6 Å². The Kier molecular flexibility index (Phi) is 3.94. The van der Waals surface area contributed by atoms with E-state index in [2.05, 4.69) is 43.1 Å². The number of pyridine rings is 1. The van der Waals surface area contributed by atoms with Crippen molar-refractivity contribution >= 4 is 17.3 Å². The normalized spacial score (nSPS) is 11.9. The zero-order valence-electron chi connectivity index (χ0n) is 9.71. The van der Waals surface area contributed by atoms with E-state index in [1.165, 1.54) is 0 Å². The highest BCUT2D eigenvalue weighted by Gasteiger charge is 2.18. The minimum absolute atomic E-state index is 0.00812. The fourth-order valence-electron chi connectivity index (χ4n) is 1.70. The molecule has 0 unspecified atom stereocenters. The predicted octanol–water partition coefficient (Wildman–Crippen LogP) is 2.49. The van der Waals surface area contributed by atoms with Gasteiger partial charge in [-0.1, -0.05) is 11.6 Å². The third-order valence-corrected chi connectivity index (χ3v) is 2.13. The summed E-state index contributed by atoms with van der Waals surface area (Å²) in [6, 6.07) is 3.75. The number of rotatable bonds is 4. The number of aromatic nitrogens is 1. The number of nitrogens with zero attached hydrogens (tertiary/aromatic N) is 2. The summed E-state index contributed by atoms with van der Waals surface area (Å²) in [5.41, 5.74) is 1.01. The third kappa shape index (κ3) is 4.49. The highest BCUT2D eigenvalue weighted by atomic mass is 35.5. The largest absolute Gasteiger partial charge is 0.379 e. The molecule has 1 rings (SSSR count). The minimum atomic E-state index is 0.00812. The van der Waals surface area contributed by atoms with E-state index in [-0.39, 0.29) is 5.54 Å². The summed E-state index contributed by atoms with van der Waals surface area (Å²) < 4.78 is 0. The molecule has 0 aliphatic heterocycles. The van der Waals surface area contributed by atoms with E-state index >= 15 is 0 Å². The van der Waals surface area contributed by atoms with Crippen molar-refractivity contribution in [3.63, 3.8) is 0 Å². The van der Waals surface area contributed by atoms with Crippen molar-refractivity contribution in [2.75, 3.05) is 26.0 Å². The van der Waals surface area contributed by atoms with Gasteiger partial charge >= 0.3 is 0 Å². The quantitative estimate of drug-likeness (QED) is 0.802. The van der Waals surface area contributed by atoms with Gasteiger partial charge < -0.3 is 10.2 Å². The molecule has 3 nitrogen and oxygen atoms in total. The van der Waals surface area contributed by atoms with Crippen molar-refractivity contribution in [2.24, 2.45) is 0 Å². The van der Waals surface area contributed by atoms with E-state index in [0.717, 1.165) is 12.2 Å². The van der Waals surface area contributed by atoms with Crippen LogP contribution in [0.25, 0.3) is 0 Å². The van der Waals surface area contributed by atoms with Crippen molar-refractivity contribution in [3.05, 3.63) is 23.5 Å². The lowest BCUT2D eigenvalue weighted by Crippen LogP contribution is -2.41. The second-order valence-corrected chi connectivity index (χ2v) is 5.00. The molecule has 0 aliphatic carbocycles. The summed E-state index contributed by atoms with van der Waals surface area (Å²) in [4.78, 5) is 6.09. The first-order valence-electron chi connectivity index (χ1n) is 4.93.